The maximum Gasteiger partial charge on any atom is 0.276 e. The standard InChI is InChI=1S/C19H16BrClN4O2S/c1-3-28-19-23-18(26)16-12-8-10(20)4-6-14(12)22-17(25(16)24-19)13-9-11(21)5-7-15(13)27-2/h4-9,17H,3H2,1-2H3,(H,23,24,26)/t17-/m0/s1. The summed E-state index contributed by atoms with van der Waals surface area (Å²) in [6.07, 6.45) is -0.573. The van der Waals surface area contributed by atoms with Crippen LogP contribution in [0.4, 0.5) is 0 Å². The predicted octanol–water partition coefficient (Wildman–Crippen LogP) is 3.01. The summed E-state index contributed by atoms with van der Waals surface area (Å²) in [4.78, 5) is 17.9. The Hall–Kier alpha value is -2.03. The van der Waals surface area contributed by atoms with Crippen molar-refractivity contribution in [1.29, 1.82) is 0 Å². The van der Waals surface area contributed by atoms with E-state index in [2.05, 4.69) is 26.3 Å². The first-order valence-electron chi connectivity index (χ1n) is 8.55. The fraction of sp³-hybridized carbons (Fsp3) is 0.211. The summed E-state index contributed by atoms with van der Waals surface area (Å²) < 4.78 is 6.38. The van der Waals surface area contributed by atoms with E-state index in [1.54, 1.807) is 30.3 Å². The van der Waals surface area contributed by atoms with Gasteiger partial charge >= 0.3 is 0 Å². The number of amides is 1. The van der Waals surface area contributed by atoms with Gasteiger partial charge in [-0.25, -0.2) is 5.01 Å². The zero-order valence-corrected chi connectivity index (χ0v) is 18.2. The molecule has 0 bridgehead atoms. The highest BCUT2D eigenvalue weighted by Crippen LogP contribution is 2.37. The summed E-state index contributed by atoms with van der Waals surface area (Å²) in [7, 11) is 1.59. The van der Waals surface area contributed by atoms with E-state index in [9.17, 15) is 4.79 Å². The summed E-state index contributed by atoms with van der Waals surface area (Å²) in [5, 5.41) is 11.7. The number of thioether (sulfide) groups is 1. The maximum atomic E-state index is 13.0. The van der Waals surface area contributed by atoms with Crippen molar-refractivity contribution in [1.82, 2.24) is 10.3 Å². The minimum atomic E-state index is -0.573. The van der Waals surface area contributed by atoms with Gasteiger partial charge < -0.3 is 4.74 Å². The van der Waals surface area contributed by atoms with E-state index in [4.69, 9.17) is 21.3 Å². The Morgan fingerprint density at radius 2 is 2.14 bits per heavy atom. The minimum absolute atomic E-state index is 0.216. The van der Waals surface area contributed by atoms with E-state index in [-0.39, 0.29) is 5.91 Å². The second-order valence-electron chi connectivity index (χ2n) is 6.04. The van der Waals surface area contributed by atoms with Crippen LogP contribution in [-0.2, 0) is 4.79 Å². The highest BCUT2D eigenvalue weighted by atomic mass is 79.9. The second kappa shape index (κ2) is 7.77. The lowest BCUT2D eigenvalue weighted by atomic mass is 10.1. The van der Waals surface area contributed by atoms with Gasteiger partial charge in [0, 0.05) is 20.3 Å². The number of amidine groups is 1. The van der Waals surface area contributed by atoms with Gasteiger partial charge in [-0.15, -0.1) is 5.10 Å². The summed E-state index contributed by atoms with van der Waals surface area (Å²) in [6.45, 7) is 2.00. The van der Waals surface area contributed by atoms with Crippen LogP contribution in [0.3, 0.4) is 0 Å². The van der Waals surface area contributed by atoms with Crippen LogP contribution in [-0.4, -0.2) is 28.9 Å². The molecule has 0 unspecified atom stereocenters. The van der Waals surface area contributed by atoms with Gasteiger partial charge in [-0.1, -0.05) is 46.2 Å². The van der Waals surface area contributed by atoms with E-state index in [1.165, 1.54) is 11.8 Å². The molecule has 0 saturated heterocycles. The quantitative estimate of drug-likeness (QED) is 0.735. The number of fused-ring (bicyclic) bond motifs is 2. The number of carbonyl (C=O) groups excluding carboxylic acids is 1. The van der Waals surface area contributed by atoms with Crippen molar-refractivity contribution in [3.63, 3.8) is 0 Å². The molecule has 0 radical (unpaired) electrons. The van der Waals surface area contributed by atoms with Crippen LogP contribution in [0.2, 0.25) is 5.02 Å². The first kappa shape index (κ1) is 19.3. The molecule has 144 valence electrons. The molecular formula is C19H16BrClN4O2S. The number of nitrogens with zero attached hydrogens (tertiary/aromatic N) is 3. The van der Waals surface area contributed by atoms with Gasteiger partial charge in [-0.3, -0.25) is 15.1 Å². The van der Waals surface area contributed by atoms with Crippen molar-refractivity contribution in [3.8, 4) is 5.75 Å². The average molecular weight is 480 g/mol. The highest BCUT2D eigenvalue weighted by molar-refractivity contribution is 9.10. The summed E-state index contributed by atoms with van der Waals surface area (Å²) in [5.41, 5.74) is 1.18. The van der Waals surface area contributed by atoms with E-state index in [1.807, 2.05) is 25.1 Å². The number of hydrogen-bond donors (Lipinski definition) is 1. The van der Waals surface area contributed by atoms with Crippen molar-refractivity contribution in [2.24, 2.45) is 10.1 Å². The molecule has 1 N–H and O–H groups in total. The van der Waals surface area contributed by atoms with Crippen molar-refractivity contribution < 1.29 is 9.53 Å². The SMILES string of the molecule is CCSC1=NN2C(=c3cc(Br)ccc3=N[C@@H]2c2cc(Cl)ccc2OC)C(=O)N1. The van der Waals surface area contributed by atoms with Crippen LogP contribution in [0.1, 0.15) is 18.7 Å². The predicted molar refractivity (Wildman–Crippen MR) is 115 cm³/mol. The van der Waals surface area contributed by atoms with Gasteiger partial charge in [-0.05, 0) is 42.2 Å². The molecule has 0 spiro atoms. The molecule has 0 fully saturated rings. The molecule has 4 rings (SSSR count). The Kier molecular flexibility index (Phi) is 5.35. The Balaban J connectivity index is 2.00. The Labute approximate surface area is 179 Å². The van der Waals surface area contributed by atoms with Crippen LogP contribution in [0.5, 0.6) is 5.75 Å². The molecule has 2 aromatic carbocycles. The number of hydrogen-bond acceptors (Lipinski definition) is 6. The fourth-order valence-corrected chi connectivity index (χ4v) is 4.29. The number of methoxy groups -OCH3 is 1. The Morgan fingerprint density at radius 1 is 1.32 bits per heavy atom. The van der Waals surface area contributed by atoms with E-state index in [0.29, 0.717) is 32.2 Å². The van der Waals surface area contributed by atoms with Crippen LogP contribution in [0, 0.1) is 0 Å². The normalized spacial score (nSPS) is 17.9. The number of carbonyl (C=O) groups is 1. The van der Waals surface area contributed by atoms with Gasteiger partial charge in [0.2, 0.25) is 0 Å². The van der Waals surface area contributed by atoms with Crippen molar-refractivity contribution in [2.75, 3.05) is 12.9 Å². The van der Waals surface area contributed by atoms with Gasteiger partial charge in [0.15, 0.2) is 11.3 Å². The summed E-state index contributed by atoms with van der Waals surface area (Å²) in [5.74, 6) is 1.20. The lowest BCUT2D eigenvalue weighted by Gasteiger charge is -2.34. The third kappa shape index (κ3) is 3.40. The zero-order chi connectivity index (χ0) is 19.8. The molecule has 0 aromatic heterocycles. The van der Waals surface area contributed by atoms with Gasteiger partial charge in [0.05, 0.1) is 12.5 Å². The van der Waals surface area contributed by atoms with Gasteiger partial charge in [-0.2, -0.15) is 0 Å². The Morgan fingerprint density at radius 3 is 2.89 bits per heavy atom. The first-order chi connectivity index (χ1) is 13.5. The molecule has 28 heavy (non-hydrogen) atoms. The molecule has 2 aliphatic heterocycles. The number of rotatable bonds is 3. The third-order valence-electron chi connectivity index (χ3n) is 4.32. The van der Waals surface area contributed by atoms with Crippen LogP contribution < -0.4 is 20.6 Å². The monoisotopic (exact) mass is 478 g/mol. The Bertz CT molecular complexity index is 1120. The van der Waals surface area contributed by atoms with Crippen LogP contribution in [0.25, 0.3) is 5.70 Å². The molecule has 9 heteroatoms. The van der Waals surface area contributed by atoms with Crippen molar-refractivity contribution >= 4 is 56.1 Å². The second-order valence-corrected chi connectivity index (χ2v) is 8.64. The highest BCUT2D eigenvalue weighted by Gasteiger charge is 2.35. The fourth-order valence-electron chi connectivity index (χ4n) is 3.16. The van der Waals surface area contributed by atoms with Crippen LogP contribution in [0.15, 0.2) is 51.0 Å². The molecule has 0 saturated carbocycles. The third-order valence-corrected chi connectivity index (χ3v) is 5.80. The average Bonchev–Trinajstić information content (AvgIpc) is 2.67. The number of benzene rings is 2. The molecular weight excluding hydrogens is 464 g/mol. The number of nitrogens with one attached hydrogen (secondary N) is 1. The minimum Gasteiger partial charge on any atom is -0.496 e. The molecule has 6 nitrogen and oxygen atoms in total. The lowest BCUT2D eigenvalue weighted by Crippen LogP contribution is -2.50. The number of halogens is 2. The largest absolute Gasteiger partial charge is 0.496 e. The topological polar surface area (TPSA) is 66.3 Å². The zero-order valence-electron chi connectivity index (χ0n) is 15.1. The molecule has 1 amide bonds. The number of hydrazone groups is 1. The summed E-state index contributed by atoms with van der Waals surface area (Å²) in [6, 6.07) is 11.0. The van der Waals surface area contributed by atoms with Crippen LogP contribution >= 0.6 is 39.3 Å². The molecule has 2 heterocycles. The van der Waals surface area contributed by atoms with Crippen molar-refractivity contribution in [3.05, 3.63) is 62.0 Å². The van der Waals surface area contributed by atoms with E-state index in [0.717, 1.165) is 15.8 Å². The molecule has 1 atom stereocenters. The lowest BCUT2D eigenvalue weighted by molar-refractivity contribution is -0.116. The first-order valence-corrected chi connectivity index (χ1v) is 10.7. The van der Waals surface area contributed by atoms with Gasteiger partial charge in [0.25, 0.3) is 5.91 Å². The smallest absolute Gasteiger partial charge is 0.276 e. The molecule has 2 aliphatic rings. The number of ether oxygens (including phenoxy) is 1. The van der Waals surface area contributed by atoms with E-state index >= 15 is 0 Å². The van der Waals surface area contributed by atoms with E-state index < -0.39 is 6.17 Å². The maximum absolute atomic E-state index is 13.0. The molecule has 0 aliphatic carbocycles. The summed E-state index contributed by atoms with van der Waals surface area (Å²) >= 11 is 11.2. The molecule has 2 aromatic rings. The van der Waals surface area contributed by atoms with Crippen molar-refractivity contribution in [2.45, 2.75) is 13.1 Å². The van der Waals surface area contributed by atoms with Gasteiger partial charge in [0.1, 0.15) is 11.4 Å².